The molecule has 0 aliphatic heterocycles. The molecule has 1 aromatic heterocycles. The molecule has 112 valence electrons. The fourth-order valence-corrected chi connectivity index (χ4v) is 2.75. The predicted octanol–water partition coefficient (Wildman–Crippen LogP) is 3.70. The minimum absolute atomic E-state index is 0.00748. The average molecular weight is 332 g/mol. The molecule has 0 saturated carbocycles. The molecular formula is C13H11F3N2OS2. The van der Waals surface area contributed by atoms with Crippen molar-refractivity contribution in [1.29, 1.82) is 0 Å². The standard InChI is InChI=1S/C13H11F3N2OS2/c1-20-9-5-3-4-8(6-9)18-11(19)7-10(13(14,15)16)17-12(18)21-2/h3-7H,1-2H3. The normalized spacial score (nSPS) is 11.7. The third kappa shape index (κ3) is 3.44. The molecule has 0 N–H and O–H groups in total. The summed E-state index contributed by atoms with van der Waals surface area (Å²) in [7, 11) is 0. The van der Waals surface area contributed by atoms with Gasteiger partial charge >= 0.3 is 6.18 Å². The van der Waals surface area contributed by atoms with E-state index in [0.717, 1.165) is 16.7 Å². The van der Waals surface area contributed by atoms with Crippen LogP contribution >= 0.6 is 23.5 Å². The zero-order valence-corrected chi connectivity index (χ0v) is 12.8. The highest BCUT2D eigenvalue weighted by Gasteiger charge is 2.34. The fraction of sp³-hybridized carbons (Fsp3) is 0.231. The maximum absolute atomic E-state index is 12.7. The second kappa shape index (κ2) is 6.15. The van der Waals surface area contributed by atoms with Crippen LogP contribution in [0.1, 0.15) is 5.69 Å². The van der Waals surface area contributed by atoms with E-state index in [2.05, 4.69) is 4.98 Å². The summed E-state index contributed by atoms with van der Waals surface area (Å²) in [6, 6.07) is 7.52. The number of nitrogens with zero attached hydrogens (tertiary/aromatic N) is 2. The van der Waals surface area contributed by atoms with Gasteiger partial charge in [0.25, 0.3) is 5.56 Å². The number of thioether (sulfide) groups is 2. The van der Waals surface area contributed by atoms with E-state index in [1.807, 2.05) is 12.3 Å². The van der Waals surface area contributed by atoms with E-state index in [1.54, 1.807) is 24.5 Å². The SMILES string of the molecule is CSc1cccc(-n2c(SC)nc(C(F)(F)F)cc2=O)c1. The highest BCUT2D eigenvalue weighted by atomic mass is 32.2. The second-order valence-corrected chi connectivity index (χ2v) is 5.65. The van der Waals surface area contributed by atoms with E-state index in [9.17, 15) is 18.0 Å². The minimum atomic E-state index is -4.64. The molecule has 1 aromatic carbocycles. The number of alkyl halides is 3. The first-order chi connectivity index (χ1) is 9.86. The van der Waals surface area contributed by atoms with Gasteiger partial charge in [0.1, 0.15) is 0 Å². The van der Waals surface area contributed by atoms with Crippen LogP contribution < -0.4 is 5.56 Å². The van der Waals surface area contributed by atoms with Gasteiger partial charge in [0.05, 0.1) is 5.69 Å². The first-order valence-corrected chi connectivity index (χ1v) is 8.21. The van der Waals surface area contributed by atoms with Crippen molar-refractivity contribution in [3.63, 3.8) is 0 Å². The molecule has 3 nitrogen and oxygen atoms in total. The molecule has 0 unspecified atom stereocenters. The van der Waals surface area contributed by atoms with Crippen molar-refractivity contribution < 1.29 is 13.2 Å². The molecule has 0 amide bonds. The van der Waals surface area contributed by atoms with Crippen LogP contribution in [0.5, 0.6) is 0 Å². The molecule has 8 heteroatoms. The molecule has 21 heavy (non-hydrogen) atoms. The van der Waals surface area contributed by atoms with Gasteiger partial charge in [-0.2, -0.15) is 13.2 Å². The molecule has 0 atom stereocenters. The number of rotatable bonds is 3. The molecule has 0 saturated heterocycles. The molecule has 0 bridgehead atoms. The summed E-state index contributed by atoms with van der Waals surface area (Å²) in [5, 5.41) is 0.00748. The van der Waals surface area contributed by atoms with Gasteiger partial charge in [-0.25, -0.2) is 4.98 Å². The quantitative estimate of drug-likeness (QED) is 0.634. The number of hydrogen-bond donors (Lipinski definition) is 0. The van der Waals surface area contributed by atoms with Crippen molar-refractivity contribution in [2.75, 3.05) is 12.5 Å². The molecule has 1 heterocycles. The van der Waals surface area contributed by atoms with Crippen molar-refractivity contribution >= 4 is 23.5 Å². The molecular weight excluding hydrogens is 321 g/mol. The van der Waals surface area contributed by atoms with E-state index >= 15 is 0 Å². The van der Waals surface area contributed by atoms with E-state index in [-0.39, 0.29) is 5.16 Å². The van der Waals surface area contributed by atoms with Crippen LogP contribution in [0, 0.1) is 0 Å². The number of aromatic nitrogens is 2. The monoisotopic (exact) mass is 332 g/mol. The van der Waals surface area contributed by atoms with Crippen molar-refractivity contribution in [2.24, 2.45) is 0 Å². The molecule has 2 aromatic rings. The lowest BCUT2D eigenvalue weighted by atomic mass is 10.3. The van der Waals surface area contributed by atoms with Crippen LogP contribution in [-0.2, 0) is 6.18 Å². The fourth-order valence-electron chi connectivity index (χ4n) is 1.73. The Hall–Kier alpha value is -1.41. The van der Waals surface area contributed by atoms with E-state index in [1.165, 1.54) is 16.3 Å². The van der Waals surface area contributed by atoms with Gasteiger partial charge < -0.3 is 0 Å². The molecule has 2 rings (SSSR count). The summed E-state index contributed by atoms with van der Waals surface area (Å²) in [5.74, 6) is 0. The Morgan fingerprint density at radius 3 is 2.43 bits per heavy atom. The van der Waals surface area contributed by atoms with Crippen molar-refractivity contribution in [1.82, 2.24) is 9.55 Å². The van der Waals surface area contributed by atoms with Gasteiger partial charge in [-0.3, -0.25) is 9.36 Å². The van der Waals surface area contributed by atoms with Gasteiger partial charge in [-0.1, -0.05) is 17.8 Å². The topological polar surface area (TPSA) is 34.9 Å². The van der Waals surface area contributed by atoms with Crippen molar-refractivity contribution in [3.8, 4) is 5.69 Å². The van der Waals surface area contributed by atoms with E-state index in [4.69, 9.17) is 0 Å². The third-order valence-electron chi connectivity index (χ3n) is 2.67. The Labute approximate surface area is 127 Å². The summed E-state index contributed by atoms with van der Waals surface area (Å²) in [6.45, 7) is 0. The highest BCUT2D eigenvalue weighted by molar-refractivity contribution is 7.98. The lowest BCUT2D eigenvalue weighted by molar-refractivity contribution is -0.141. The zero-order chi connectivity index (χ0) is 15.6. The largest absolute Gasteiger partial charge is 0.433 e. The van der Waals surface area contributed by atoms with E-state index < -0.39 is 17.4 Å². The summed E-state index contributed by atoms with van der Waals surface area (Å²) >= 11 is 2.47. The maximum atomic E-state index is 12.7. The van der Waals surface area contributed by atoms with Gasteiger partial charge in [0.15, 0.2) is 10.9 Å². The molecule has 0 radical (unpaired) electrons. The van der Waals surface area contributed by atoms with Crippen LogP contribution in [0.2, 0.25) is 0 Å². The lowest BCUT2D eigenvalue weighted by Crippen LogP contribution is -2.24. The maximum Gasteiger partial charge on any atom is 0.433 e. The molecule has 0 fully saturated rings. The van der Waals surface area contributed by atoms with E-state index in [0.29, 0.717) is 11.8 Å². The van der Waals surface area contributed by atoms with Gasteiger partial charge in [0.2, 0.25) is 0 Å². The average Bonchev–Trinajstić information content (AvgIpc) is 2.45. The smallest absolute Gasteiger partial charge is 0.269 e. The van der Waals surface area contributed by atoms with Crippen LogP contribution in [0.3, 0.4) is 0 Å². The first-order valence-electron chi connectivity index (χ1n) is 5.76. The van der Waals surface area contributed by atoms with Crippen molar-refractivity contribution in [2.45, 2.75) is 16.2 Å². The predicted molar refractivity (Wildman–Crippen MR) is 78.4 cm³/mol. The van der Waals surface area contributed by atoms with Crippen molar-refractivity contribution in [3.05, 3.63) is 46.4 Å². The molecule has 0 aliphatic carbocycles. The zero-order valence-electron chi connectivity index (χ0n) is 11.1. The number of halogens is 3. The molecule has 0 spiro atoms. The van der Waals surface area contributed by atoms with Gasteiger partial charge in [-0.15, -0.1) is 11.8 Å². The summed E-state index contributed by atoms with van der Waals surface area (Å²) in [4.78, 5) is 16.5. The van der Waals surface area contributed by atoms with Crippen LogP contribution in [-0.4, -0.2) is 22.1 Å². The van der Waals surface area contributed by atoms with Gasteiger partial charge in [0, 0.05) is 11.0 Å². The highest BCUT2D eigenvalue weighted by Crippen LogP contribution is 2.29. The van der Waals surface area contributed by atoms with Gasteiger partial charge in [-0.05, 0) is 30.7 Å². The third-order valence-corrected chi connectivity index (χ3v) is 4.04. The second-order valence-electron chi connectivity index (χ2n) is 4.00. The first kappa shape index (κ1) is 16.0. The Bertz CT molecular complexity index is 713. The summed E-state index contributed by atoms with van der Waals surface area (Å²) < 4.78 is 39.3. The van der Waals surface area contributed by atoms with Crippen LogP contribution in [0.25, 0.3) is 5.69 Å². The Kier molecular flexibility index (Phi) is 4.67. The summed E-state index contributed by atoms with van der Waals surface area (Å²) in [5.41, 5.74) is -1.42. The molecule has 0 aliphatic rings. The summed E-state index contributed by atoms with van der Waals surface area (Å²) in [6.07, 6.45) is -1.18. The number of benzene rings is 1. The van der Waals surface area contributed by atoms with Crippen LogP contribution in [0.15, 0.2) is 45.2 Å². The Morgan fingerprint density at radius 2 is 1.86 bits per heavy atom. The Balaban J connectivity index is 2.66. The minimum Gasteiger partial charge on any atom is -0.269 e. The van der Waals surface area contributed by atoms with Crippen LogP contribution in [0.4, 0.5) is 13.2 Å². The number of hydrogen-bond acceptors (Lipinski definition) is 4. The lowest BCUT2D eigenvalue weighted by Gasteiger charge is -2.13. The Morgan fingerprint density at radius 1 is 1.14 bits per heavy atom.